The van der Waals surface area contributed by atoms with Crippen LogP contribution in [0.1, 0.15) is 11.1 Å². The van der Waals surface area contributed by atoms with Crippen molar-refractivity contribution in [1.29, 1.82) is 0 Å². The molecule has 0 aliphatic rings. The molecule has 4 rings (SSSR count). The molecule has 3 N–H and O–H groups in total. The lowest BCUT2D eigenvalue weighted by molar-refractivity contribution is -0.113. The number of anilines is 3. The van der Waals surface area contributed by atoms with Gasteiger partial charge >= 0.3 is 6.03 Å². The average molecular weight is 463 g/mol. The van der Waals surface area contributed by atoms with Crippen LogP contribution in [-0.4, -0.2) is 22.7 Å². The molecule has 0 aliphatic heterocycles. The van der Waals surface area contributed by atoms with Crippen LogP contribution in [-0.2, 0) is 4.79 Å². The van der Waals surface area contributed by atoms with Gasteiger partial charge < -0.3 is 16.0 Å². The van der Waals surface area contributed by atoms with Gasteiger partial charge in [0, 0.05) is 17.1 Å². The maximum atomic E-state index is 12.3. The molecular formula is C24H22N4O2S2. The highest BCUT2D eigenvalue weighted by atomic mass is 32.2. The molecule has 0 atom stereocenters. The molecule has 0 fully saturated rings. The molecular weight excluding hydrogens is 440 g/mol. The molecule has 1 heterocycles. The van der Waals surface area contributed by atoms with E-state index in [4.69, 9.17) is 0 Å². The SMILES string of the molecule is Cc1ccc(NC(=O)CSc2nc3ccc(NC(=O)Nc4ccccc4)cc3s2)cc1C. The number of aryl methyl sites for hydroxylation is 2. The molecule has 162 valence electrons. The maximum Gasteiger partial charge on any atom is 0.323 e. The lowest BCUT2D eigenvalue weighted by Crippen LogP contribution is -2.19. The van der Waals surface area contributed by atoms with Crippen LogP contribution in [0, 0.1) is 13.8 Å². The van der Waals surface area contributed by atoms with E-state index in [1.54, 1.807) is 0 Å². The third kappa shape index (κ3) is 5.66. The number of nitrogens with zero attached hydrogens (tertiary/aromatic N) is 1. The minimum Gasteiger partial charge on any atom is -0.325 e. The van der Waals surface area contributed by atoms with Gasteiger partial charge in [0.25, 0.3) is 0 Å². The summed E-state index contributed by atoms with van der Waals surface area (Å²) in [5.74, 6) is 0.203. The van der Waals surface area contributed by atoms with Gasteiger partial charge in [-0.2, -0.15) is 0 Å². The number of thioether (sulfide) groups is 1. The molecule has 0 saturated carbocycles. The van der Waals surface area contributed by atoms with Gasteiger partial charge in [0.05, 0.1) is 16.0 Å². The molecule has 6 nitrogen and oxygen atoms in total. The number of benzene rings is 3. The predicted molar refractivity (Wildman–Crippen MR) is 134 cm³/mol. The van der Waals surface area contributed by atoms with Gasteiger partial charge in [0.15, 0.2) is 4.34 Å². The molecule has 3 amide bonds. The van der Waals surface area contributed by atoms with Gasteiger partial charge in [-0.25, -0.2) is 9.78 Å². The summed E-state index contributed by atoms with van der Waals surface area (Å²) in [4.78, 5) is 29.1. The summed E-state index contributed by atoms with van der Waals surface area (Å²) in [5.41, 5.74) is 5.37. The maximum absolute atomic E-state index is 12.3. The van der Waals surface area contributed by atoms with Crippen LogP contribution in [0.2, 0.25) is 0 Å². The minimum atomic E-state index is -0.308. The second kappa shape index (κ2) is 9.84. The molecule has 3 aromatic carbocycles. The molecule has 1 aromatic heterocycles. The zero-order chi connectivity index (χ0) is 22.5. The molecule has 0 bridgehead atoms. The Morgan fingerprint density at radius 3 is 2.34 bits per heavy atom. The Hall–Kier alpha value is -3.36. The van der Waals surface area contributed by atoms with E-state index in [1.807, 2.05) is 80.6 Å². The molecule has 8 heteroatoms. The van der Waals surface area contributed by atoms with Crippen LogP contribution in [0.15, 0.2) is 71.1 Å². The van der Waals surface area contributed by atoms with Crippen LogP contribution >= 0.6 is 23.1 Å². The fourth-order valence-corrected chi connectivity index (χ4v) is 4.91. The Morgan fingerprint density at radius 1 is 0.844 bits per heavy atom. The van der Waals surface area contributed by atoms with Gasteiger partial charge in [-0.15, -0.1) is 11.3 Å². The molecule has 4 aromatic rings. The summed E-state index contributed by atoms with van der Waals surface area (Å²) < 4.78 is 1.75. The van der Waals surface area contributed by atoms with Crippen molar-refractivity contribution in [3.8, 4) is 0 Å². The molecule has 0 aliphatic carbocycles. The first kappa shape index (κ1) is 21.9. The van der Waals surface area contributed by atoms with Crippen molar-refractivity contribution in [1.82, 2.24) is 4.98 Å². The van der Waals surface area contributed by atoms with Crippen molar-refractivity contribution >= 4 is 62.3 Å². The summed E-state index contributed by atoms with van der Waals surface area (Å²) in [6.45, 7) is 4.07. The first-order valence-electron chi connectivity index (χ1n) is 10.00. The van der Waals surface area contributed by atoms with Gasteiger partial charge in [-0.1, -0.05) is 36.0 Å². The topological polar surface area (TPSA) is 83.1 Å². The molecule has 0 spiro atoms. The van der Waals surface area contributed by atoms with E-state index in [9.17, 15) is 9.59 Å². The van der Waals surface area contributed by atoms with Gasteiger partial charge in [-0.3, -0.25) is 4.79 Å². The quantitative estimate of drug-likeness (QED) is 0.294. The number of rotatable bonds is 6. The molecule has 0 radical (unpaired) electrons. The lowest BCUT2D eigenvalue weighted by atomic mass is 10.1. The van der Waals surface area contributed by atoms with E-state index in [0.29, 0.717) is 5.69 Å². The number of nitrogens with one attached hydrogen (secondary N) is 3. The first-order chi connectivity index (χ1) is 15.5. The van der Waals surface area contributed by atoms with Crippen molar-refractivity contribution in [2.75, 3.05) is 21.7 Å². The Labute approximate surface area is 194 Å². The monoisotopic (exact) mass is 462 g/mol. The van der Waals surface area contributed by atoms with Crippen molar-refractivity contribution in [3.63, 3.8) is 0 Å². The Balaban J connectivity index is 1.34. The van der Waals surface area contributed by atoms with Crippen molar-refractivity contribution in [3.05, 3.63) is 77.9 Å². The summed E-state index contributed by atoms with van der Waals surface area (Å²) >= 11 is 2.89. The van der Waals surface area contributed by atoms with Crippen molar-refractivity contribution < 1.29 is 9.59 Å². The highest BCUT2D eigenvalue weighted by molar-refractivity contribution is 8.01. The second-order valence-corrected chi connectivity index (χ2v) is 9.50. The van der Waals surface area contributed by atoms with Crippen LogP contribution < -0.4 is 16.0 Å². The van der Waals surface area contributed by atoms with E-state index in [0.717, 1.165) is 31.5 Å². The number of thiazole rings is 1. The van der Waals surface area contributed by atoms with E-state index >= 15 is 0 Å². The lowest BCUT2D eigenvalue weighted by Gasteiger charge is -2.07. The van der Waals surface area contributed by atoms with Crippen LogP contribution in [0.4, 0.5) is 21.9 Å². The third-order valence-electron chi connectivity index (χ3n) is 4.78. The number of hydrogen-bond acceptors (Lipinski definition) is 5. The summed E-state index contributed by atoms with van der Waals surface area (Å²) in [6.07, 6.45) is 0. The van der Waals surface area contributed by atoms with E-state index < -0.39 is 0 Å². The zero-order valence-electron chi connectivity index (χ0n) is 17.6. The van der Waals surface area contributed by atoms with Gasteiger partial charge in [-0.05, 0) is 67.4 Å². The fourth-order valence-electron chi connectivity index (χ4n) is 3.00. The number of amides is 3. The smallest absolute Gasteiger partial charge is 0.323 e. The predicted octanol–water partition coefficient (Wildman–Crippen LogP) is 6.29. The molecule has 0 saturated heterocycles. The highest BCUT2D eigenvalue weighted by Gasteiger charge is 2.10. The summed E-state index contributed by atoms with van der Waals surface area (Å²) in [5, 5.41) is 8.55. The van der Waals surface area contributed by atoms with Crippen LogP contribution in [0.3, 0.4) is 0 Å². The number of fused-ring (bicyclic) bond motifs is 1. The van der Waals surface area contributed by atoms with Crippen molar-refractivity contribution in [2.45, 2.75) is 18.2 Å². The standard InChI is InChI=1S/C24H22N4O2S2/c1-15-8-9-18(12-16(15)2)25-22(29)14-31-24-28-20-11-10-19(13-21(20)32-24)27-23(30)26-17-6-4-3-5-7-17/h3-13H,14H2,1-2H3,(H,25,29)(H2,26,27,30). The number of carbonyl (C=O) groups excluding carboxylic acids is 2. The fraction of sp³-hybridized carbons (Fsp3) is 0.125. The molecule has 0 unspecified atom stereocenters. The Morgan fingerprint density at radius 2 is 1.56 bits per heavy atom. The minimum absolute atomic E-state index is 0.0718. The van der Waals surface area contributed by atoms with Gasteiger partial charge in [0.2, 0.25) is 5.91 Å². The molecule has 32 heavy (non-hydrogen) atoms. The number of urea groups is 1. The van der Waals surface area contributed by atoms with Crippen LogP contribution in [0.5, 0.6) is 0 Å². The second-order valence-electron chi connectivity index (χ2n) is 7.24. The number of hydrogen-bond donors (Lipinski definition) is 3. The first-order valence-corrected chi connectivity index (χ1v) is 11.8. The normalized spacial score (nSPS) is 10.7. The highest BCUT2D eigenvalue weighted by Crippen LogP contribution is 2.31. The Kier molecular flexibility index (Phi) is 6.72. The number of para-hydroxylation sites is 1. The van der Waals surface area contributed by atoms with Gasteiger partial charge in [0.1, 0.15) is 0 Å². The average Bonchev–Trinajstić information content (AvgIpc) is 3.18. The number of aromatic nitrogens is 1. The van der Waals surface area contributed by atoms with E-state index in [1.165, 1.54) is 28.7 Å². The Bertz CT molecular complexity index is 1270. The summed E-state index contributed by atoms with van der Waals surface area (Å²) in [7, 11) is 0. The van der Waals surface area contributed by atoms with E-state index in [-0.39, 0.29) is 17.7 Å². The largest absolute Gasteiger partial charge is 0.325 e. The summed E-state index contributed by atoms with van der Waals surface area (Å²) in [6, 6.07) is 20.4. The van der Waals surface area contributed by atoms with Crippen molar-refractivity contribution in [2.24, 2.45) is 0 Å². The van der Waals surface area contributed by atoms with E-state index in [2.05, 4.69) is 20.9 Å². The van der Waals surface area contributed by atoms with Crippen LogP contribution in [0.25, 0.3) is 10.2 Å². The number of carbonyl (C=O) groups is 2. The third-order valence-corrected chi connectivity index (χ3v) is 6.94. The zero-order valence-corrected chi connectivity index (χ0v) is 19.3.